The molecule has 74 valence electrons. The van der Waals surface area contributed by atoms with Gasteiger partial charge in [-0.25, -0.2) is 0 Å². The van der Waals surface area contributed by atoms with Crippen molar-refractivity contribution in [2.75, 3.05) is 6.54 Å². The van der Waals surface area contributed by atoms with E-state index in [4.69, 9.17) is 0 Å². The monoisotopic (exact) mass is 193 g/mol. The van der Waals surface area contributed by atoms with Crippen molar-refractivity contribution in [3.8, 4) is 11.8 Å². The maximum Gasteiger partial charge on any atom is 0.393 e. The van der Waals surface area contributed by atoms with Crippen LogP contribution in [-0.4, -0.2) is 18.6 Å². The van der Waals surface area contributed by atoms with Gasteiger partial charge in [-0.15, -0.1) is 0 Å². The molecule has 0 spiro atoms. The molecule has 0 aromatic rings. The molecule has 13 heavy (non-hydrogen) atoms. The van der Waals surface area contributed by atoms with Crippen LogP contribution in [0.15, 0.2) is 0 Å². The van der Waals surface area contributed by atoms with Gasteiger partial charge in [0.25, 0.3) is 5.91 Å². The van der Waals surface area contributed by atoms with Gasteiger partial charge in [-0.3, -0.25) is 4.79 Å². The summed E-state index contributed by atoms with van der Waals surface area (Å²) >= 11 is 0. The van der Waals surface area contributed by atoms with Crippen LogP contribution in [0, 0.1) is 17.8 Å². The first kappa shape index (κ1) is 11.8. The summed E-state index contributed by atoms with van der Waals surface area (Å²) in [5, 5.41) is 2.06. The number of hydrogen-bond donors (Lipinski definition) is 1. The standard InChI is InChI=1S/C8H10F3NO/c1-3-4-7(13)12-5-6(2)8(9,10)11/h6H,5H2,1-2H3,(H,12,13). The number of carbonyl (C=O) groups is 1. The van der Waals surface area contributed by atoms with E-state index in [1.165, 1.54) is 6.92 Å². The van der Waals surface area contributed by atoms with Crippen molar-refractivity contribution in [3.63, 3.8) is 0 Å². The van der Waals surface area contributed by atoms with Gasteiger partial charge in [0.1, 0.15) is 0 Å². The van der Waals surface area contributed by atoms with Gasteiger partial charge < -0.3 is 5.32 Å². The molecule has 0 aliphatic rings. The second-order valence-corrected chi connectivity index (χ2v) is 2.53. The topological polar surface area (TPSA) is 29.1 Å². The summed E-state index contributed by atoms with van der Waals surface area (Å²) in [6.45, 7) is 2.00. The van der Waals surface area contributed by atoms with Crippen LogP contribution in [0.1, 0.15) is 13.8 Å². The molecule has 0 saturated heterocycles. The number of nitrogens with one attached hydrogen (secondary N) is 1. The van der Waals surface area contributed by atoms with Crippen LogP contribution in [0.25, 0.3) is 0 Å². The zero-order valence-corrected chi connectivity index (χ0v) is 7.33. The van der Waals surface area contributed by atoms with Crippen LogP contribution in [-0.2, 0) is 4.79 Å². The summed E-state index contributed by atoms with van der Waals surface area (Å²) in [4.78, 5) is 10.6. The fourth-order valence-electron chi connectivity index (χ4n) is 0.519. The Morgan fingerprint density at radius 3 is 2.46 bits per heavy atom. The van der Waals surface area contributed by atoms with E-state index in [0.29, 0.717) is 0 Å². The summed E-state index contributed by atoms with van der Waals surface area (Å²) in [6, 6.07) is 0. The Morgan fingerprint density at radius 1 is 1.54 bits per heavy atom. The van der Waals surface area contributed by atoms with Crippen molar-refractivity contribution < 1.29 is 18.0 Å². The maximum absolute atomic E-state index is 11.9. The summed E-state index contributed by atoms with van der Waals surface area (Å²) in [5.41, 5.74) is 0. The van der Waals surface area contributed by atoms with E-state index in [1.54, 1.807) is 0 Å². The highest BCUT2D eigenvalue weighted by Gasteiger charge is 2.35. The number of rotatable bonds is 2. The molecule has 0 rings (SSSR count). The molecular weight excluding hydrogens is 183 g/mol. The van der Waals surface area contributed by atoms with Crippen molar-refractivity contribution >= 4 is 5.91 Å². The molecule has 5 heteroatoms. The molecule has 2 nitrogen and oxygen atoms in total. The number of halogens is 3. The average Bonchev–Trinajstić information content (AvgIpc) is 1.99. The molecule has 0 fully saturated rings. The van der Waals surface area contributed by atoms with E-state index in [-0.39, 0.29) is 0 Å². The van der Waals surface area contributed by atoms with Gasteiger partial charge in [-0.1, -0.05) is 12.8 Å². The summed E-state index contributed by atoms with van der Waals surface area (Å²) in [6.07, 6.45) is -4.27. The summed E-state index contributed by atoms with van der Waals surface area (Å²) in [5.74, 6) is 2.14. The van der Waals surface area contributed by atoms with Crippen LogP contribution in [0.2, 0.25) is 0 Å². The van der Waals surface area contributed by atoms with Gasteiger partial charge in [0.15, 0.2) is 0 Å². The van der Waals surface area contributed by atoms with Gasteiger partial charge in [0.05, 0.1) is 5.92 Å². The predicted octanol–water partition coefficient (Wildman–Crippen LogP) is 1.32. The van der Waals surface area contributed by atoms with Crippen molar-refractivity contribution in [1.29, 1.82) is 0 Å². The van der Waals surface area contributed by atoms with Crippen molar-refractivity contribution in [1.82, 2.24) is 5.32 Å². The Balaban J connectivity index is 3.88. The van der Waals surface area contributed by atoms with Crippen molar-refractivity contribution in [3.05, 3.63) is 0 Å². The Kier molecular flexibility index (Phi) is 4.32. The van der Waals surface area contributed by atoms with E-state index in [1.807, 2.05) is 0 Å². The number of hydrogen-bond acceptors (Lipinski definition) is 1. The van der Waals surface area contributed by atoms with Gasteiger partial charge in [-0.2, -0.15) is 13.2 Å². The highest BCUT2D eigenvalue weighted by Crippen LogP contribution is 2.24. The fourth-order valence-corrected chi connectivity index (χ4v) is 0.519. The van der Waals surface area contributed by atoms with E-state index >= 15 is 0 Å². The van der Waals surface area contributed by atoms with E-state index < -0.39 is 24.5 Å². The third-order valence-corrected chi connectivity index (χ3v) is 1.37. The van der Waals surface area contributed by atoms with Crippen LogP contribution >= 0.6 is 0 Å². The zero-order chi connectivity index (χ0) is 10.5. The molecule has 0 heterocycles. The van der Waals surface area contributed by atoms with Gasteiger partial charge >= 0.3 is 6.18 Å². The molecular formula is C8H10F3NO. The lowest BCUT2D eigenvalue weighted by Crippen LogP contribution is -2.34. The van der Waals surface area contributed by atoms with Crippen LogP contribution < -0.4 is 5.32 Å². The lowest BCUT2D eigenvalue weighted by Gasteiger charge is -2.14. The van der Waals surface area contributed by atoms with E-state index in [0.717, 1.165) is 6.92 Å². The van der Waals surface area contributed by atoms with Crippen LogP contribution in [0.5, 0.6) is 0 Å². The quantitative estimate of drug-likeness (QED) is 0.658. The zero-order valence-electron chi connectivity index (χ0n) is 7.33. The van der Waals surface area contributed by atoms with Crippen molar-refractivity contribution in [2.24, 2.45) is 5.92 Å². The Bertz CT molecular complexity index is 236. The smallest absolute Gasteiger partial charge is 0.345 e. The molecule has 0 aromatic heterocycles. The van der Waals surface area contributed by atoms with Gasteiger partial charge in [0, 0.05) is 6.54 Å². The average molecular weight is 193 g/mol. The number of amides is 1. The summed E-state index contributed by atoms with van der Waals surface area (Å²) in [7, 11) is 0. The number of carbonyl (C=O) groups excluding carboxylic acids is 1. The van der Waals surface area contributed by atoms with Crippen LogP contribution in [0.4, 0.5) is 13.2 Å². The minimum atomic E-state index is -4.27. The summed E-state index contributed by atoms with van der Waals surface area (Å²) < 4.78 is 35.7. The van der Waals surface area contributed by atoms with E-state index in [2.05, 4.69) is 17.2 Å². The normalized spacial score (nSPS) is 12.7. The molecule has 1 unspecified atom stereocenters. The largest absolute Gasteiger partial charge is 0.393 e. The highest BCUT2D eigenvalue weighted by molar-refractivity contribution is 5.93. The second-order valence-electron chi connectivity index (χ2n) is 2.53. The fraction of sp³-hybridized carbons (Fsp3) is 0.625. The molecule has 0 radical (unpaired) electrons. The van der Waals surface area contributed by atoms with Crippen molar-refractivity contribution in [2.45, 2.75) is 20.0 Å². The molecule has 0 aliphatic heterocycles. The minimum absolute atomic E-state index is 0.434. The van der Waals surface area contributed by atoms with E-state index in [9.17, 15) is 18.0 Å². The third kappa shape index (κ3) is 5.12. The predicted molar refractivity (Wildman–Crippen MR) is 41.7 cm³/mol. The molecule has 0 bridgehead atoms. The molecule has 0 saturated carbocycles. The Hall–Kier alpha value is -1.18. The Morgan fingerprint density at radius 2 is 2.08 bits per heavy atom. The molecule has 1 N–H and O–H groups in total. The van der Waals surface area contributed by atoms with Crippen LogP contribution in [0.3, 0.4) is 0 Å². The molecule has 0 aromatic carbocycles. The first-order chi connectivity index (χ1) is 5.88. The maximum atomic E-state index is 11.9. The molecule has 1 amide bonds. The van der Waals surface area contributed by atoms with Gasteiger partial charge in [-0.05, 0) is 12.8 Å². The van der Waals surface area contributed by atoms with Gasteiger partial charge in [0.2, 0.25) is 0 Å². The molecule has 1 atom stereocenters. The highest BCUT2D eigenvalue weighted by atomic mass is 19.4. The molecule has 0 aliphatic carbocycles. The number of alkyl halides is 3. The SMILES string of the molecule is CC#CC(=O)NCC(C)C(F)(F)F. The minimum Gasteiger partial charge on any atom is -0.345 e. The third-order valence-electron chi connectivity index (χ3n) is 1.37. The lowest BCUT2D eigenvalue weighted by molar-refractivity contribution is -0.168. The first-order valence-corrected chi connectivity index (χ1v) is 3.65. The lowest BCUT2D eigenvalue weighted by atomic mass is 10.2. The second kappa shape index (κ2) is 4.75. The first-order valence-electron chi connectivity index (χ1n) is 3.65. The Labute approximate surface area is 74.5 Å².